The van der Waals surface area contributed by atoms with E-state index in [9.17, 15) is 19.5 Å². The molecule has 2 aromatic heterocycles. The summed E-state index contributed by atoms with van der Waals surface area (Å²) >= 11 is 5.85. The number of pyridine rings is 2. The van der Waals surface area contributed by atoms with Crippen molar-refractivity contribution >= 4 is 46.8 Å². The molecule has 0 radical (unpaired) electrons. The highest BCUT2D eigenvalue weighted by Gasteiger charge is 2.45. The van der Waals surface area contributed by atoms with Crippen molar-refractivity contribution in [2.45, 2.75) is 38.6 Å². The van der Waals surface area contributed by atoms with Crippen LogP contribution in [0.5, 0.6) is 17.2 Å². The predicted molar refractivity (Wildman–Crippen MR) is 203 cm³/mol. The van der Waals surface area contributed by atoms with Crippen molar-refractivity contribution in [3.63, 3.8) is 0 Å². The third kappa shape index (κ3) is 7.09. The Morgan fingerprint density at radius 1 is 0.944 bits per heavy atom. The van der Waals surface area contributed by atoms with Gasteiger partial charge in [-0.3, -0.25) is 14.5 Å². The average molecular weight is 774 g/mol. The van der Waals surface area contributed by atoms with E-state index in [0.717, 1.165) is 53.3 Å². The van der Waals surface area contributed by atoms with Gasteiger partial charge >= 0.3 is 5.97 Å². The van der Waals surface area contributed by atoms with Gasteiger partial charge in [0.1, 0.15) is 12.4 Å². The van der Waals surface area contributed by atoms with Gasteiger partial charge < -0.3 is 33.5 Å². The topological polar surface area (TPSA) is 133 Å². The van der Waals surface area contributed by atoms with Crippen molar-refractivity contribution in [2.24, 2.45) is 0 Å². The molecule has 1 saturated heterocycles. The van der Waals surface area contributed by atoms with Gasteiger partial charge in [0.15, 0.2) is 23.7 Å². The summed E-state index contributed by atoms with van der Waals surface area (Å²) in [6, 6.07) is 24.6. The second-order valence-electron chi connectivity index (χ2n) is 13.4. The zero-order valence-corrected chi connectivity index (χ0v) is 31.0. The van der Waals surface area contributed by atoms with Gasteiger partial charge in [0.2, 0.25) is 6.79 Å². The molecular weight excluding hydrogens is 735 g/mol. The second kappa shape index (κ2) is 15.3. The van der Waals surface area contributed by atoms with E-state index in [2.05, 4.69) is 11.0 Å². The molecule has 0 bridgehead atoms. The van der Waals surface area contributed by atoms with Gasteiger partial charge in [-0.05, 0) is 66.6 Å². The van der Waals surface area contributed by atoms with Crippen LogP contribution in [0.3, 0.4) is 0 Å². The summed E-state index contributed by atoms with van der Waals surface area (Å²) in [7, 11) is 0. The van der Waals surface area contributed by atoms with Crippen LogP contribution in [0.4, 0.5) is 0 Å². The van der Waals surface area contributed by atoms with Crippen molar-refractivity contribution in [1.29, 1.82) is 0 Å². The van der Waals surface area contributed by atoms with Crippen LogP contribution >= 0.6 is 24.0 Å². The maximum absolute atomic E-state index is 13.0. The SMILES string of the molecule is CCC1(O)C(=O)OCc2c1cc1n(c2=O)Cc2cc3ccccc3nc2-1.Cl.O=C(COc1ccc(Cl)cc1)N1CCN(Cc2ccc3c(c2)OCO3)CC1. The molecule has 1 atom stereocenters. The van der Waals surface area contributed by atoms with E-state index < -0.39 is 11.6 Å². The lowest BCUT2D eigenvalue weighted by molar-refractivity contribution is -0.172. The molecule has 6 heterocycles. The van der Waals surface area contributed by atoms with Crippen molar-refractivity contribution in [3.05, 3.63) is 116 Å². The Bertz CT molecular complexity index is 2290. The van der Waals surface area contributed by atoms with Crippen molar-refractivity contribution in [3.8, 4) is 28.6 Å². The number of aromatic nitrogens is 2. The molecule has 0 aliphatic carbocycles. The standard InChI is InChI=1S/C20H21ClN2O4.C20H16N2O4.ClH/c21-16-2-4-17(5-3-16)25-13-20(24)23-9-7-22(8-10-23)12-15-1-6-18-19(11-15)27-14-26-18;1-2-20(25)14-8-16-17-12(7-11-5-3-4-6-15(11)21-17)9-22(16)18(23)13(14)10-26-19(20)24;/h1-6,11H,7-10,12-14H2;3-8,25H,2,9-10H2,1H3;1H. The fourth-order valence-electron chi connectivity index (χ4n) is 7.15. The highest BCUT2D eigenvalue weighted by molar-refractivity contribution is 6.30. The average Bonchev–Trinajstić information content (AvgIpc) is 3.80. The number of hydrogen-bond donors (Lipinski definition) is 1. The van der Waals surface area contributed by atoms with Gasteiger partial charge in [0.25, 0.3) is 11.5 Å². The van der Waals surface area contributed by atoms with Crippen LogP contribution in [0.15, 0.2) is 83.7 Å². The van der Waals surface area contributed by atoms with E-state index in [1.165, 1.54) is 5.56 Å². The molecule has 1 amide bonds. The second-order valence-corrected chi connectivity index (χ2v) is 13.8. The number of benzene rings is 3. The van der Waals surface area contributed by atoms with Crippen LogP contribution < -0.4 is 19.8 Å². The molecule has 1 unspecified atom stereocenters. The van der Waals surface area contributed by atoms with E-state index >= 15 is 0 Å². The number of carbonyl (C=O) groups excluding carboxylic acids is 2. The number of hydrogen-bond acceptors (Lipinski definition) is 10. The first-order chi connectivity index (χ1) is 25.7. The van der Waals surface area contributed by atoms with Gasteiger partial charge in [0, 0.05) is 54.3 Å². The van der Waals surface area contributed by atoms with E-state index in [4.69, 9.17) is 35.5 Å². The monoisotopic (exact) mass is 772 g/mol. The third-order valence-electron chi connectivity index (χ3n) is 10.2. The number of amides is 1. The van der Waals surface area contributed by atoms with Gasteiger partial charge in [-0.2, -0.15) is 0 Å². The number of cyclic esters (lactones) is 1. The number of esters is 1. The highest BCUT2D eigenvalue weighted by Crippen LogP contribution is 2.38. The molecule has 3 aromatic carbocycles. The van der Waals surface area contributed by atoms with Crippen molar-refractivity contribution < 1.29 is 33.6 Å². The number of para-hydroxylation sites is 1. The molecule has 5 aromatic rings. The number of piperazine rings is 1. The Balaban J connectivity index is 0.000000164. The Morgan fingerprint density at radius 3 is 2.48 bits per heavy atom. The van der Waals surface area contributed by atoms with E-state index in [-0.39, 0.29) is 50.3 Å². The quantitative estimate of drug-likeness (QED) is 0.223. The maximum Gasteiger partial charge on any atom is 0.343 e. The smallest absolute Gasteiger partial charge is 0.343 e. The molecule has 4 aliphatic rings. The van der Waals surface area contributed by atoms with E-state index in [0.29, 0.717) is 47.2 Å². The third-order valence-corrected chi connectivity index (χ3v) is 10.4. The highest BCUT2D eigenvalue weighted by atomic mass is 35.5. The first kappa shape index (κ1) is 37.2. The lowest BCUT2D eigenvalue weighted by Crippen LogP contribution is -2.49. The first-order valence-electron chi connectivity index (χ1n) is 17.5. The number of halogens is 2. The van der Waals surface area contributed by atoms with Gasteiger partial charge in [-0.1, -0.05) is 42.8 Å². The number of aliphatic hydroxyl groups is 1. The Morgan fingerprint density at radius 2 is 1.70 bits per heavy atom. The molecule has 4 aliphatic heterocycles. The predicted octanol–water partition coefficient (Wildman–Crippen LogP) is 5.29. The zero-order chi connectivity index (χ0) is 36.7. The lowest BCUT2D eigenvalue weighted by atomic mass is 9.86. The summed E-state index contributed by atoms with van der Waals surface area (Å²) in [6.45, 7) is 6.25. The van der Waals surface area contributed by atoms with Crippen LogP contribution in [0.2, 0.25) is 5.02 Å². The summed E-state index contributed by atoms with van der Waals surface area (Å²) in [5.41, 5.74) is 3.00. The summed E-state index contributed by atoms with van der Waals surface area (Å²) in [6.07, 6.45) is 0.139. The number of nitrogens with zero attached hydrogens (tertiary/aromatic N) is 4. The normalized spacial score (nSPS) is 18.1. The fraction of sp³-hybridized carbons (Fsp3) is 0.300. The fourth-order valence-corrected chi connectivity index (χ4v) is 7.27. The summed E-state index contributed by atoms with van der Waals surface area (Å²) in [5, 5.41) is 12.5. The largest absolute Gasteiger partial charge is 0.484 e. The number of carbonyl (C=O) groups is 2. The molecule has 54 heavy (non-hydrogen) atoms. The van der Waals surface area contributed by atoms with Crippen LogP contribution in [-0.4, -0.2) is 75.9 Å². The Hall–Kier alpha value is -5.14. The Labute approximate surface area is 322 Å². The molecule has 0 saturated carbocycles. The zero-order valence-electron chi connectivity index (χ0n) is 29.5. The van der Waals surface area contributed by atoms with Gasteiger partial charge in [-0.15, -0.1) is 12.4 Å². The van der Waals surface area contributed by atoms with Crippen molar-refractivity contribution in [2.75, 3.05) is 39.6 Å². The van der Waals surface area contributed by atoms with Gasteiger partial charge in [0.05, 0.1) is 29.0 Å². The number of fused-ring (bicyclic) bond motifs is 6. The molecule has 12 nitrogen and oxygen atoms in total. The lowest BCUT2D eigenvalue weighted by Gasteiger charge is -2.34. The van der Waals surface area contributed by atoms with Crippen LogP contribution in [0.1, 0.15) is 35.6 Å². The van der Waals surface area contributed by atoms with E-state index in [1.54, 1.807) is 41.8 Å². The minimum Gasteiger partial charge on any atom is -0.484 e. The molecule has 1 N–H and O–H groups in total. The summed E-state index contributed by atoms with van der Waals surface area (Å²) in [4.78, 5) is 46.4. The first-order valence-corrected chi connectivity index (χ1v) is 17.9. The van der Waals surface area contributed by atoms with E-state index in [1.807, 2.05) is 47.4 Å². The van der Waals surface area contributed by atoms with Crippen LogP contribution in [-0.2, 0) is 39.6 Å². The number of ether oxygens (including phenoxy) is 4. The number of rotatable bonds is 6. The Kier molecular flexibility index (Phi) is 10.5. The maximum atomic E-state index is 13.0. The summed E-state index contributed by atoms with van der Waals surface area (Å²) in [5.74, 6) is 1.55. The molecule has 9 rings (SSSR count). The van der Waals surface area contributed by atoms with Crippen molar-refractivity contribution in [1.82, 2.24) is 19.4 Å². The molecule has 280 valence electrons. The molecule has 14 heteroatoms. The summed E-state index contributed by atoms with van der Waals surface area (Å²) < 4.78 is 23.0. The van der Waals surface area contributed by atoms with Crippen LogP contribution in [0.25, 0.3) is 22.3 Å². The molecule has 0 spiro atoms. The minimum atomic E-state index is -1.79. The van der Waals surface area contributed by atoms with Gasteiger partial charge in [-0.25, -0.2) is 9.78 Å². The minimum absolute atomic E-state index is 0. The molecular formula is C40H38Cl2N4O8. The molecule has 1 fully saturated rings. The van der Waals surface area contributed by atoms with Crippen LogP contribution in [0, 0.1) is 0 Å².